The third-order valence-electron chi connectivity index (χ3n) is 4.30. The van der Waals surface area contributed by atoms with Crippen molar-refractivity contribution in [2.24, 2.45) is 5.92 Å². The van der Waals surface area contributed by atoms with Gasteiger partial charge in [-0.3, -0.25) is 9.59 Å². The largest absolute Gasteiger partial charge is 0.459 e. The molecule has 128 valence electrons. The quantitative estimate of drug-likeness (QED) is 0.711. The van der Waals surface area contributed by atoms with Crippen molar-refractivity contribution < 1.29 is 9.21 Å². The minimum absolute atomic E-state index is 0.0296. The van der Waals surface area contributed by atoms with Crippen molar-refractivity contribution in [2.45, 2.75) is 19.6 Å². The summed E-state index contributed by atoms with van der Waals surface area (Å²) in [6.45, 7) is 1.99. The van der Waals surface area contributed by atoms with Crippen molar-refractivity contribution in [1.29, 1.82) is 0 Å². The first-order valence-electron chi connectivity index (χ1n) is 8.05. The van der Waals surface area contributed by atoms with E-state index in [9.17, 15) is 9.59 Å². The highest BCUT2D eigenvalue weighted by Gasteiger charge is 2.28. The molecule has 1 aliphatic heterocycles. The van der Waals surface area contributed by atoms with Crippen molar-refractivity contribution in [3.05, 3.63) is 71.1 Å². The van der Waals surface area contributed by atoms with E-state index in [1.807, 2.05) is 10.8 Å². The summed E-state index contributed by atoms with van der Waals surface area (Å²) < 4.78 is 8.70. The highest BCUT2D eigenvalue weighted by atomic mass is 16.3. The van der Waals surface area contributed by atoms with Crippen LogP contribution in [0.5, 0.6) is 0 Å². The summed E-state index contributed by atoms with van der Waals surface area (Å²) in [6.07, 6.45) is 6.69. The number of furan rings is 1. The maximum atomic E-state index is 12.7. The molecule has 4 heterocycles. The lowest BCUT2D eigenvalue weighted by Gasteiger charge is -2.23. The molecule has 1 aliphatic rings. The number of aromatic nitrogens is 4. The number of hydrogen-bond acceptors (Lipinski definition) is 5. The summed E-state index contributed by atoms with van der Waals surface area (Å²) in [5, 5.41) is 4.12. The van der Waals surface area contributed by atoms with Gasteiger partial charge in [-0.15, -0.1) is 0 Å². The molecule has 1 atom stereocenters. The van der Waals surface area contributed by atoms with Gasteiger partial charge in [-0.2, -0.15) is 5.10 Å². The van der Waals surface area contributed by atoms with Crippen LogP contribution >= 0.6 is 0 Å². The highest BCUT2D eigenvalue weighted by molar-refractivity contribution is 5.91. The van der Waals surface area contributed by atoms with E-state index in [-0.39, 0.29) is 17.4 Å². The zero-order valence-electron chi connectivity index (χ0n) is 13.5. The number of hydrogen-bond donors (Lipinski definition) is 0. The number of rotatable bonds is 3. The van der Waals surface area contributed by atoms with Crippen LogP contribution < -0.4 is 5.56 Å². The molecule has 1 amide bonds. The van der Waals surface area contributed by atoms with Gasteiger partial charge in [0.25, 0.3) is 11.5 Å². The van der Waals surface area contributed by atoms with E-state index in [0.717, 1.165) is 5.82 Å². The minimum Gasteiger partial charge on any atom is -0.459 e. The number of imidazole rings is 1. The summed E-state index contributed by atoms with van der Waals surface area (Å²) in [5.41, 5.74) is -0.151. The van der Waals surface area contributed by atoms with E-state index in [1.165, 1.54) is 17.0 Å². The van der Waals surface area contributed by atoms with Gasteiger partial charge < -0.3 is 13.9 Å². The number of amides is 1. The van der Waals surface area contributed by atoms with E-state index in [2.05, 4.69) is 10.1 Å². The molecule has 3 aromatic heterocycles. The highest BCUT2D eigenvalue weighted by Crippen LogP contribution is 2.19. The number of nitrogens with zero attached hydrogens (tertiary/aromatic N) is 5. The van der Waals surface area contributed by atoms with Crippen LogP contribution in [0.3, 0.4) is 0 Å². The van der Waals surface area contributed by atoms with Gasteiger partial charge in [-0.25, -0.2) is 9.67 Å². The summed E-state index contributed by atoms with van der Waals surface area (Å²) in [5.74, 6) is 0.964. The molecule has 0 aromatic carbocycles. The minimum atomic E-state index is -0.181. The predicted octanol–water partition coefficient (Wildman–Crippen LogP) is 1.01. The molecule has 0 N–H and O–H groups in total. The Labute approximate surface area is 143 Å². The summed E-state index contributed by atoms with van der Waals surface area (Å²) in [4.78, 5) is 30.7. The Balaban J connectivity index is 1.62. The summed E-state index contributed by atoms with van der Waals surface area (Å²) >= 11 is 0. The molecule has 0 bridgehead atoms. The smallest absolute Gasteiger partial charge is 0.289 e. The third kappa shape index (κ3) is 3.10. The predicted molar refractivity (Wildman–Crippen MR) is 87.7 cm³/mol. The molecule has 0 spiro atoms. The average Bonchev–Trinajstić information content (AvgIpc) is 3.25. The lowest BCUT2D eigenvalue weighted by Crippen LogP contribution is -2.36. The van der Waals surface area contributed by atoms with Gasteiger partial charge in [0, 0.05) is 43.7 Å². The molecule has 3 aromatic rings. The van der Waals surface area contributed by atoms with Crippen LogP contribution in [0, 0.1) is 5.92 Å². The van der Waals surface area contributed by atoms with E-state index in [1.54, 1.807) is 35.5 Å². The molecule has 0 saturated carbocycles. The molecule has 8 nitrogen and oxygen atoms in total. The fourth-order valence-electron chi connectivity index (χ4n) is 3.14. The van der Waals surface area contributed by atoms with E-state index in [0.29, 0.717) is 31.9 Å². The maximum absolute atomic E-state index is 12.7. The van der Waals surface area contributed by atoms with Gasteiger partial charge >= 0.3 is 0 Å². The van der Waals surface area contributed by atoms with Crippen LogP contribution in [0.4, 0.5) is 0 Å². The average molecular weight is 339 g/mol. The normalized spacial score (nSPS) is 17.1. The molecule has 25 heavy (non-hydrogen) atoms. The van der Waals surface area contributed by atoms with Crippen molar-refractivity contribution >= 4 is 5.91 Å². The Hall–Kier alpha value is -3.16. The second kappa shape index (κ2) is 6.39. The molecule has 8 heteroatoms. The first-order chi connectivity index (χ1) is 12.2. The Morgan fingerprint density at radius 2 is 2.16 bits per heavy atom. The van der Waals surface area contributed by atoms with Gasteiger partial charge in [0.2, 0.25) is 0 Å². The monoisotopic (exact) mass is 339 g/mol. The van der Waals surface area contributed by atoms with Gasteiger partial charge in [-0.1, -0.05) is 0 Å². The fourth-order valence-corrected chi connectivity index (χ4v) is 3.14. The van der Waals surface area contributed by atoms with Crippen LogP contribution in [-0.2, 0) is 19.6 Å². The Morgan fingerprint density at radius 1 is 1.24 bits per heavy atom. The van der Waals surface area contributed by atoms with Crippen LogP contribution in [0.2, 0.25) is 0 Å². The van der Waals surface area contributed by atoms with Crippen LogP contribution in [-0.4, -0.2) is 36.7 Å². The Kier molecular flexibility index (Phi) is 3.93. The third-order valence-corrected chi connectivity index (χ3v) is 4.30. The van der Waals surface area contributed by atoms with Gasteiger partial charge in [0.15, 0.2) is 5.76 Å². The Morgan fingerprint density at radius 3 is 2.96 bits per heavy atom. The molecule has 0 saturated heterocycles. The second-order valence-electron chi connectivity index (χ2n) is 6.07. The van der Waals surface area contributed by atoms with Crippen LogP contribution in [0.25, 0.3) is 0 Å². The maximum Gasteiger partial charge on any atom is 0.289 e. The van der Waals surface area contributed by atoms with Crippen molar-refractivity contribution in [3.63, 3.8) is 0 Å². The number of carbonyl (C=O) groups is 1. The van der Waals surface area contributed by atoms with E-state index < -0.39 is 0 Å². The van der Waals surface area contributed by atoms with Crippen LogP contribution in [0.15, 0.2) is 58.3 Å². The van der Waals surface area contributed by atoms with Crippen molar-refractivity contribution in [2.75, 3.05) is 6.54 Å². The number of carbonyl (C=O) groups excluding carboxylic acids is 1. The van der Waals surface area contributed by atoms with Crippen LogP contribution in [0.1, 0.15) is 16.4 Å². The fraction of sp³-hybridized carbons (Fsp3) is 0.294. The lowest BCUT2D eigenvalue weighted by molar-refractivity contribution is 0.0680. The molecule has 0 unspecified atom stereocenters. The van der Waals surface area contributed by atoms with Crippen molar-refractivity contribution in [1.82, 2.24) is 24.2 Å². The topological polar surface area (TPSA) is 86.2 Å². The van der Waals surface area contributed by atoms with Crippen molar-refractivity contribution in [3.8, 4) is 0 Å². The number of fused-ring (bicyclic) bond motifs is 1. The van der Waals surface area contributed by atoms with Gasteiger partial charge in [-0.05, 0) is 18.2 Å². The molecule has 0 fully saturated rings. The first-order valence-corrected chi connectivity index (χ1v) is 8.05. The van der Waals surface area contributed by atoms with E-state index >= 15 is 0 Å². The standard InChI is InChI=1S/C17H17N5O3/c23-16-4-1-5-19-22(16)11-13-9-20-7-6-18-15(20)12-21(10-13)17(24)14-3-2-8-25-14/h1-8,13H,9-12H2/t13-/m0/s1. The van der Waals surface area contributed by atoms with Gasteiger partial charge in [0.1, 0.15) is 5.82 Å². The second-order valence-corrected chi connectivity index (χ2v) is 6.07. The Bertz CT molecular complexity index is 928. The first kappa shape index (κ1) is 15.4. The molecule has 0 radical (unpaired) electrons. The molecular weight excluding hydrogens is 322 g/mol. The zero-order chi connectivity index (χ0) is 17.2. The summed E-state index contributed by atoms with van der Waals surface area (Å²) in [7, 11) is 0. The summed E-state index contributed by atoms with van der Waals surface area (Å²) in [6, 6.07) is 6.44. The SMILES string of the molecule is O=C(c1ccco1)N1Cc2nccn2C[C@H](Cn2ncccc2=O)C1. The molecule has 0 aliphatic carbocycles. The van der Waals surface area contributed by atoms with Gasteiger partial charge in [0.05, 0.1) is 19.4 Å². The molecular formula is C17H17N5O3. The van der Waals surface area contributed by atoms with E-state index in [4.69, 9.17) is 4.42 Å². The lowest BCUT2D eigenvalue weighted by atomic mass is 10.1. The zero-order valence-corrected chi connectivity index (χ0v) is 13.5. The molecule has 4 rings (SSSR count).